The molecule has 72 valence electrons. The van der Waals surface area contributed by atoms with Crippen molar-refractivity contribution in [1.82, 2.24) is 0 Å². The normalized spacial score (nSPS) is 14.7. The minimum Gasteiger partial charge on any atom is -0.389 e. The van der Waals surface area contributed by atoms with Gasteiger partial charge in [-0.25, -0.2) is 0 Å². The van der Waals surface area contributed by atoms with Crippen LogP contribution in [0, 0.1) is 6.92 Å². The number of aliphatic hydroxyl groups excluding tert-OH is 1. The first-order chi connectivity index (χ1) is 6.00. The first kappa shape index (κ1) is 11.0. The molecule has 0 amide bonds. The van der Waals surface area contributed by atoms with Crippen LogP contribution in [0.1, 0.15) is 23.6 Å². The maximum absolute atomic E-state index is 9.28. The molecule has 1 aromatic rings. The van der Waals surface area contributed by atoms with Crippen molar-refractivity contribution in [1.29, 1.82) is 0 Å². The summed E-state index contributed by atoms with van der Waals surface area (Å²) in [5.74, 6) is 0. The molecule has 0 fully saturated rings. The first-order valence-corrected chi connectivity index (χ1v) is 5.74. The van der Waals surface area contributed by atoms with Crippen LogP contribution in [-0.2, 0) is 0 Å². The zero-order valence-corrected chi connectivity index (χ0v) is 10.4. The molecule has 0 radical (unpaired) electrons. The largest absolute Gasteiger partial charge is 0.389 e. The fourth-order valence-electron chi connectivity index (χ4n) is 0.898. The Morgan fingerprint density at radius 1 is 1.69 bits per heavy atom. The number of hydrogen-bond acceptors (Lipinski definition) is 2. The summed E-state index contributed by atoms with van der Waals surface area (Å²) in [6.07, 6.45) is 1.66. The molecule has 1 unspecified atom stereocenters. The summed E-state index contributed by atoms with van der Waals surface area (Å²) < 4.78 is 1.14. The van der Waals surface area contributed by atoms with Gasteiger partial charge in [0.1, 0.15) is 0 Å². The monoisotopic (exact) mass is 260 g/mol. The molecule has 1 atom stereocenters. The lowest BCUT2D eigenvalue weighted by molar-refractivity contribution is 0.232. The van der Waals surface area contributed by atoms with Crippen LogP contribution in [0.4, 0.5) is 0 Å². The van der Waals surface area contributed by atoms with E-state index >= 15 is 0 Å². The number of aliphatic hydroxyl groups is 1. The zero-order chi connectivity index (χ0) is 10.0. The maximum Gasteiger partial charge on any atom is 0.0722 e. The second kappa shape index (κ2) is 4.40. The van der Waals surface area contributed by atoms with Crippen LogP contribution >= 0.6 is 27.3 Å². The predicted molar refractivity (Wildman–Crippen MR) is 62.1 cm³/mol. The fourth-order valence-corrected chi connectivity index (χ4v) is 2.47. The maximum atomic E-state index is 9.28. The smallest absolute Gasteiger partial charge is 0.0722 e. The van der Waals surface area contributed by atoms with Gasteiger partial charge in [-0.1, -0.05) is 0 Å². The number of thiophene rings is 1. The van der Waals surface area contributed by atoms with E-state index in [-0.39, 0.29) is 6.10 Å². The van der Waals surface area contributed by atoms with Gasteiger partial charge in [-0.2, -0.15) is 0 Å². The Hall–Kier alpha value is -0.120. The van der Waals surface area contributed by atoms with E-state index in [9.17, 15) is 5.11 Å². The van der Waals surface area contributed by atoms with Gasteiger partial charge >= 0.3 is 0 Å². The van der Waals surface area contributed by atoms with Crippen LogP contribution in [-0.4, -0.2) is 11.2 Å². The van der Waals surface area contributed by atoms with Crippen molar-refractivity contribution >= 4 is 33.3 Å². The Morgan fingerprint density at radius 2 is 2.31 bits per heavy atom. The van der Waals surface area contributed by atoms with E-state index < -0.39 is 0 Å². The minimum atomic E-state index is -0.360. The van der Waals surface area contributed by atoms with Crippen molar-refractivity contribution in [3.8, 4) is 0 Å². The quantitative estimate of drug-likeness (QED) is 0.862. The summed E-state index contributed by atoms with van der Waals surface area (Å²) in [6.45, 7) is 5.79. The molecule has 1 heterocycles. The summed E-state index contributed by atoms with van der Waals surface area (Å²) in [5, 5.41) is 9.28. The summed E-state index contributed by atoms with van der Waals surface area (Å²) in [4.78, 5) is 2.45. The van der Waals surface area contributed by atoms with E-state index in [1.54, 1.807) is 18.3 Å². The van der Waals surface area contributed by atoms with Gasteiger partial charge in [-0.05, 0) is 54.4 Å². The average Bonchev–Trinajstić information content (AvgIpc) is 2.31. The van der Waals surface area contributed by atoms with Crippen LogP contribution < -0.4 is 0 Å². The van der Waals surface area contributed by atoms with Crippen molar-refractivity contribution in [3.05, 3.63) is 25.9 Å². The molecule has 13 heavy (non-hydrogen) atoms. The van der Waals surface area contributed by atoms with Gasteiger partial charge in [0, 0.05) is 14.2 Å². The van der Waals surface area contributed by atoms with Crippen molar-refractivity contribution in [2.45, 2.75) is 26.9 Å². The summed E-state index contributed by atoms with van der Waals surface area (Å²) in [6, 6.07) is 2.08. The Balaban J connectivity index is 2.91. The molecule has 0 bridgehead atoms. The number of hydrogen-bond donors (Lipinski definition) is 1. The van der Waals surface area contributed by atoms with Gasteiger partial charge in [-0.3, -0.25) is 0 Å². The van der Waals surface area contributed by atoms with Gasteiger partial charge < -0.3 is 5.11 Å². The fraction of sp³-hybridized carbons (Fsp3) is 0.400. The molecular weight excluding hydrogens is 248 g/mol. The van der Waals surface area contributed by atoms with Gasteiger partial charge in [0.2, 0.25) is 0 Å². The van der Waals surface area contributed by atoms with Crippen molar-refractivity contribution < 1.29 is 5.11 Å². The molecule has 3 heteroatoms. The molecule has 0 aliphatic carbocycles. The third kappa shape index (κ3) is 2.93. The standard InChI is InChI=1S/C10H13BrOS/c1-6(7(2)12)4-9-5-10(11)8(3)13-9/h4-5,7,12H,1-3H3. The molecule has 0 saturated carbocycles. The highest BCUT2D eigenvalue weighted by Crippen LogP contribution is 2.28. The second-order valence-corrected chi connectivity index (χ2v) is 5.26. The van der Waals surface area contributed by atoms with Crippen molar-refractivity contribution in [2.75, 3.05) is 0 Å². The Kier molecular flexibility index (Phi) is 3.71. The summed E-state index contributed by atoms with van der Waals surface area (Å²) in [7, 11) is 0. The van der Waals surface area contributed by atoms with Crippen LogP contribution in [0.15, 0.2) is 16.1 Å². The zero-order valence-electron chi connectivity index (χ0n) is 7.97. The van der Waals surface area contributed by atoms with Crippen LogP contribution in [0.2, 0.25) is 0 Å². The highest BCUT2D eigenvalue weighted by molar-refractivity contribution is 9.10. The number of halogens is 1. The highest BCUT2D eigenvalue weighted by Gasteiger charge is 2.02. The van der Waals surface area contributed by atoms with Gasteiger partial charge in [0.05, 0.1) is 6.10 Å². The lowest BCUT2D eigenvalue weighted by Crippen LogP contribution is -1.99. The molecular formula is C10H13BrOS. The Bertz CT molecular complexity index is 306. The van der Waals surface area contributed by atoms with Gasteiger partial charge in [0.15, 0.2) is 0 Å². The predicted octanol–water partition coefficient (Wildman–Crippen LogP) is 3.60. The lowest BCUT2D eigenvalue weighted by Gasteiger charge is -2.01. The van der Waals surface area contributed by atoms with Crippen molar-refractivity contribution in [3.63, 3.8) is 0 Å². The van der Waals surface area contributed by atoms with E-state index in [0.717, 1.165) is 10.0 Å². The van der Waals surface area contributed by atoms with E-state index in [1.165, 1.54) is 9.75 Å². The van der Waals surface area contributed by atoms with Crippen LogP contribution in [0.5, 0.6) is 0 Å². The third-order valence-electron chi connectivity index (χ3n) is 1.91. The van der Waals surface area contributed by atoms with Crippen LogP contribution in [0.3, 0.4) is 0 Å². The molecule has 1 nitrogen and oxygen atoms in total. The van der Waals surface area contributed by atoms with E-state index in [1.807, 2.05) is 13.0 Å². The third-order valence-corrected chi connectivity index (χ3v) is 3.99. The molecule has 0 spiro atoms. The first-order valence-electron chi connectivity index (χ1n) is 4.13. The SMILES string of the molecule is CC(=Cc1cc(Br)c(C)s1)C(C)O. The lowest BCUT2D eigenvalue weighted by atomic mass is 10.2. The topological polar surface area (TPSA) is 20.2 Å². The minimum absolute atomic E-state index is 0.360. The molecule has 1 rings (SSSR count). The molecule has 0 aromatic carbocycles. The Morgan fingerprint density at radius 3 is 2.69 bits per heavy atom. The van der Waals surface area contributed by atoms with E-state index in [0.29, 0.717) is 0 Å². The average molecular weight is 261 g/mol. The molecule has 1 N–H and O–H groups in total. The van der Waals surface area contributed by atoms with Gasteiger partial charge in [-0.15, -0.1) is 11.3 Å². The molecule has 1 aromatic heterocycles. The summed E-state index contributed by atoms with van der Waals surface area (Å²) >= 11 is 5.19. The van der Waals surface area contributed by atoms with Crippen molar-refractivity contribution in [2.24, 2.45) is 0 Å². The van der Waals surface area contributed by atoms with E-state index in [4.69, 9.17) is 0 Å². The molecule has 0 aliphatic rings. The second-order valence-electron chi connectivity index (χ2n) is 3.12. The van der Waals surface area contributed by atoms with E-state index in [2.05, 4.69) is 28.9 Å². The molecule has 0 aliphatic heterocycles. The molecule has 0 saturated heterocycles. The highest BCUT2D eigenvalue weighted by atomic mass is 79.9. The summed E-state index contributed by atoms with van der Waals surface area (Å²) in [5.41, 5.74) is 0.994. The Labute approximate surface area is 91.2 Å². The van der Waals surface area contributed by atoms with Crippen LogP contribution in [0.25, 0.3) is 6.08 Å². The van der Waals surface area contributed by atoms with Gasteiger partial charge in [0.25, 0.3) is 0 Å². The number of aryl methyl sites for hydroxylation is 1. The number of rotatable bonds is 2.